The highest BCUT2D eigenvalue weighted by atomic mass is 127. The van der Waals surface area contributed by atoms with E-state index >= 15 is 0 Å². The average Bonchev–Trinajstić information content (AvgIpc) is 2.81. The van der Waals surface area contributed by atoms with Gasteiger partial charge in [0.05, 0.1) is 20.8 Å². The Balaban J connectivity index is 0.00000385. The van der Waals surface area contributed by atoms with E-state index in [9.17, 15) is 4.39 Å². The van der Waals surface area contributed by atoms with E-state index in [4.69, 9.17) is 14.2 Å². The third-order valence-electron chi connectivity index (χ3n) is 4.49. The molecule has 0 saturated heterocycles. The third-order valence-corrected chi connectivity index (χ3v) is 4.49. The number of benzene rings is 2. The van der Waals surface area contributed by atoms with E-state index in [0.717, 1.165) is 17.7 Å². The van der Waals surface area contributed by atoms with Crippen LogP contribution >= 0.6 is 24.0 Å². The molecule has 2 aromatic carbocycles. The first-order chi connectivity index (χ1) is 15.6. The monoisotopic (exact) mass is 566 g/mol. The second kappa shape index (κ2) is 13.5. The molecule has 0 aliphatic carbocycles. The van der Waals surface area contributed by atoms with E-state index < -0.39 is 0 Å². The van der Waals surface area contributed by atoms with Crippen LogP contribution in [0.25, 0.3) is 0 Å². The predicted octanol–water partition coefficient (Wildman–Crippen LogP) is 4.90. The zero-order valence-electron chi connectivity index (χ0n) is 18.8. The SMILES string of the molecule is CCNC(=NCc1ccc(Oc2cccc(F)c2)nc1)NCc1ccc(OC)c(OC)c1.I. The molecule has 0 saturated carbocycles. The number of nitrogens with zero attached hydrogens (tertiary/aromatic N) is 2. The van der Waals surface area contributed by atoms with Crippen molar-refractivity contribution in [2.45, 2.75) is 20.0 Å². The van der Waals surface area contributed by atoms with Crippen molar-refractivity contribution in [3.63, 3.8) is 0 Å². The Labute approximate surface area is 210 Å². The van der Waals surface area contributed by atoms with Crippen LogP contribution in [0.3, 0.4) is 0 Å². The maximum absolute atomic E-state index is 13.3. The predicted molar refractivity (Wildman–Crippen MR) is 137 cm³/mol. The van der Waals surface area contributed by atoms with E-state index in [2.05, 4.69) is 20.6 Å². The molecule has 33 heavy (non-hydrogen) atoms. The summed E-state index contributed by atoms with van der Waals surface area (Å²) in [4.78, 5) is 8.88. The fraction of sp³-hybridized carbons (Fsp3) is 0.250. The Morgan fingerprint density at radius 1 is 0.970 bits per heavy atom. The molecule has 3 aromatic rings. The van der Waals surface area contributed by atoms with Crippen molar-refractivity contribution in [3.8, 4) is 23.1 Å². The topological polar surface area (TPSA) is 77.0 Å². The largest absolute Gasteiger partial charge is 0.493 e. The number of hydrogen-bond acceptors (Lipinski definition) is 5. The number of pyridine rings is 1. The smallest absolute Gasteiger partial charge is 0.219 e. The molecule has 0 radical (unpaired) electrons. The molecule has 7 nitrogen and oxygen atoms in total. The molecule has 0 spiro atoms. The number of hydrogen-bond donors (Lipinski definition) is 2. The minimum absolute atomic E-state index is 0. The first-order valence-corrected chi connectivity index (χ1v) is 10.2. The molecule has 3 rings (SSSR count). The summed E-state index contributed by atoms with van der Waals surface area (Å²) in [6.07, 6.45) is 1.69. The van der Waals surface area contributed by atoms with Crippen LogP contribution in [0.4, 0.5) is 4.39 Å². The molecule has 0 aliphatic heterocycles. The molecule has 0 bridgehead atoms. The summed E-state index contributed by atoms with van der Waals surface area (Å²) in [7, 11) is 3.23. The fourth-order valence-corrected chi connectivity index (χ4v) is 2.90. The van der Waals surface area contributed by atoms with Gasteiger partial charge in [-0.1, -0.05) is 18.2 Å². The number of nitrogens with one attached hydrogen (secondary N) is 2. The molecule has 0 atom stereocenters. The van der Waals surface area contributed by atoms with Crippen LogP contribution < -0.4 is 24.8 Å². The van der Waals surface area contributed by atoms with E-state index in [1.807, 2.05) is 31.2 Å². The van der Waals surface area contributed by atoms with Gasteiger partial charge in [-0.15, -0.1) is 24.0 Å². The number of methoxy groups -OCH3 is 2. The summed E-state index contributed by atoms with van der Waals surface area (Å²) in [5.74, 6) is 2.49. The van der Waals surface area contributed by atoms with E-state index in [1.165, 1.54) is 12.1 Å². The molecular weight excluding hydrogens is 538 g/mol. The molecule has 0 amide bonds. The Bertz CT molecular complexity index is 1050. The van der Waals surface area contributed by atoms with Crippen LogP contribution in [0.5, 0.6) is 23.1 Å². The summed E-state index contributed by atoms with van der Waals surface area (Å²) >= 11 is 0. The fourth-order valence-electron chi connectivity index (χ4n) is 2.90. The van der Waals surface area contributed by atoms with Gasteiger partial charge in [-0.25, -0.2) is 14.4 Å². The standard InChI is InChI=1S/C24H27FN4O3.HI/c1-4-26-24(28-14-17-8-10-21(30-2)22(12-17)31-3)29-16-18-9-11-23(27-15-18)32-20-7-5-6-19(25)13-20;/h5-13,15H,4,14,16H2,1-3H3,(H2,26,28,29);1H. The number of aromatic nitrogens is 1. The van der Waals surface area contributed by atoms with Crippen LogP contribution in [0.15, 0.2) is 65.8 Å². The summed E-state index contributed by atoms with van der Waals surface area (Å²) < 4.78 is 29.5. The maximum Gasteiger partial charge on any atom is 0.219 e. The molecule has 176 valence electrons. The van der Waals surface area contributed by atoms with Gasteiger partial charge in [-0.3, -0.25) is 0 Å². The Kier molecular flexibility index (Phi) is 10.7. The summed E-state index contributed by atoms with van der Waals surface area (Å²) in [6, 6.07) is 15.3. The van der Waals surface area contributed by atoms with Gasteiger partial charge >= 0.3 is 0 Å². The minimum atomic E-state index is -0.356. The molecular formula is C24H28FIN4O3. The van der Waals surface area contributed by atoms with Crippen molar-refractivity contribution in [1.82, 2.24) is 15.6 Å². The lowest BCUT2D eigenvalue weighted by molar-refractivity contribution is 0.354. The van der Waals surface area contributed by atoms with Crippen molar-refractivity contribution in [3.05, 3.63) is 77.7 Å². The van der Waals surface area contributed by atoms with Crippen LogP contribution in [-0.4, -0.2) is 31.7 Å². The highest BCUT2D eigenvalue weighted by Crippen LogP contribution is 2.27. The lowest BCUT2D eigenvalue weighted by atomic mass is 10.2. The van der Waals surface area contributed by atoms with Crippen LogP contribution in [-0.2, 0) is 13.1 Å². The second-order valence-corrected chi connectivity index (χ2v) is 6.80. The van der Waals surface area contributed by atoms with Gasteiger partial charge in [0.2, 0.25) is 5.88 Å². The first kappa shape index (κ1) is 26.2. The van der Waals surface area contributed by atoms with E-state index in [0.29, 0.717) is 42.2 Å². The van der Waals surface area contributed by atoms with Gasteiger partial charge in [0.25, 0.3) is 0 Å². The lowest BCUT2D eigenvalue weighted by Crippen LogP contribution is -2.36. The second-order valence-electron chi connectivity index (χ2n) is 6.80. The average molecular weight is 566 g/mol. The quantitative estimate of drug-likeness (QED) is 0.218. The number of aliphatic imine (C=N–C) groups is 1. The van der Waals surface area contributed by atoms with Gasteiger partial charge in [0.1, 0.15) is 11.6 Å². The maximum atomic E-state index is 13.3. The van der Waals surface area contributed by atoms with E-state index in [1.54, 1.807) is 38.6 Å². The third kappa shape index (κ3) is 8.08. The van der Waals surface area contributed by atoms with Crippen molar-refractivity contribution < 1.29 is 18.6 Å². The number of halogens is 2. The van der Waals surface area contributed by atoms with Gasteiger partial charge in [0, 0.05) is 31.4 Å². The number of guanidine groups is 1. The normalized spacial score (nSPS) is 10.7. The van der Waals surface area contributed by atoms with Crippen LogP contribution in [0, 0.1) is 5.82 Å². The summed E-state index contributed by atoms with van der Waals surface area (Å²) in [6.45, 7) is 3.75. The van der Waals surface area contributed by atoms with Gasteiger partial charge < -0.3 is 24.8 Å². The zero-order valence-corrected chi connectivity index (χ0v) is 21.1. The zero-order chi connectivity index (χ0) is 22.8. The van der Waals surface area contributed by atoms with Crippen molar-refractivity contribution >= 4 is 29.9 Å². The molecule has 9 heteroatoms. The molecule has 0 fully saturated rings. The highest BCUT2D eigenvalue weighted by Gasteiger charge is 2.06. The van der Waals surface area contributed by atoms with Crippen molar-refractivity contribution in [2.75, 3.05) is 20.8 Å². The van der Waals surface area contributed by atoms with Crippen molar-refractivity contribution in [1.29, 1.82) is 0 Å². The Morgan fingerprint density at radius 3 is 2.42 bits per heavy atom. The first-order valence-electron chi connectivity index (χ1n) is 10.2. The number of ether oxygens (including phenoxy) is 3. The van der Waals surface area contributed by atoms with Gasteiger partial charge in [-0.05, 0) is 42.3 Å². The van der Waals surface area contributed by atoms with E-state index in [-0.39, 0.29) is 29.8 Å². The molecule has 0 unspecified atom stereocenters. The molecule has 0 aliphatic rings. The lowest BCUT2D eigenvalue weighted by Gasteiger charge is -2.13. The molecule has 1 heterocycles. The molecule has 2 N–H and O–H groups in total. The number of rotatable bonds is 9. The highest BCUT2D eigenvalue weighted by molar-refractivity contribution is 14.0. The van der Waals surface area contributed by atoms with Crippen LogP contribution in [0.1, 0.15) is 18.1 Å². The molecule has 1 aromatic heterocycles. The summed E-state index contributed by atoms with van der Waals surface area (Å²) in [5, 5.41) is 6.53. The van der Waals surface area contributed by atoms with Gasteiger partial charge in [-0.2, -0.15) is 0 Å². The van der Waals surface area contributed by atoms with Crippen molar-refractivity contribution in [2.24, 2.45) is 4.99 Å². The Hall–Kier alpha value is -3.08. The van der Waals surface area contributed by atoms with Gasteiger partial charge in [0.15, 0.2) is 17.5 Å². The summed E-state index contributed by atoms with van der Waals surface area (Å²) in [5.41, 5.74) is 1.95. The van der Waals surface area contributed by atoms with Crippen LogP contribution in [0.2, 0.25) is 0 Å². The minimum Gasteiger partial charge on any atom is -0.493 e. The Morgan fingerprint density at radius 2 is 1.76 bits per heavy atom.